The zero-order valence-corrected chi connectivity index (χ0v) is 11.8. The summed E-state index contributed by atoms with van der Waals surface area (Å²) < 4.78 is 0. The molecule has 2 unspecified atom stereocenters. The predicted molar refractivity (Wildman–Crippen MR) is 76.4 cm³/mol. The Balaban J connectivity index is 1.80. The summed E-state index contributed by atoms with van der Waals surface area (Å²) >= 11 is 0. The van der Waals surface area contributed by atoms with Crippen LogP contribution in [0.2, 0.25) is 0 Å². The highest BCUT2D eigenvalue weighted by molar-refractivity contribution is 5.80. The molecule has 0 aliphatic carbocycles. The molecule has 0 aromatic rings. The van der Waals surface area contributed by atoms with Gasteiger partial charge in [0.15, 0.2) is 0 Å². The van der Waals surface area contributed by atoms with Crippen LogP contribution in [-0.4, -0.2) is 60.5 Å². The molecule has 2 atom stereocenters. The fourth-order valence-electron chi connectivity index (χ4n) is 3.13. The third kappa shape index (κ3) is 4.44. The summed E-state index contributed by atoms with van der Waals surface area (Å²) in [6.45, 7) is 5.00. The Morgan fingerprint density at radius 1 is 1.26 bits per heavy atom. The lowest BCUT2D eigenvalue weighted by Crippen LogP contribution is -2.50. The second-order valence-electron chi connectivity index (χ2n) is 5.82. The van der Waals surface area contributed by atoms with Gasteiger partial charge in [0, 0.05) is 25.7 Å². The standard InChI is InChI=1S/C14H27N4O/c15-12-5-1-3-7-17(11-12)9-10-18-8-4-2-6-13(18)14(16)19/h2,12-13H,1,3-11,15H2,(H2,16,19). The maximum absolute atomic E-state index is 11.4. The Morgan fingerprint density at radius 3 is 2.89 bits per heavy atom. The first-order valence-electron chi connectivity index (χ1n) is 7.50. The first kappa shape index (κ1) is 14.8. The molecule has 109 valence electrons. The number of hydrogen-bond acceptors (Lipinski definition) is 4. The number of carbonyl (C=O) groups is 1. The number of rotatable bonds is 4. The molecule has 2 saturated heterocycles. The van der Waals surface area contributed by atoms with Crippen molar-refractivity contribution in [2.24, 2.45) is 11.5 Å². The third-order valence-corrected chi connectivity index (χ3v) is 4.27. The second kappa shape index (κ2) is 7.22. The summed E-state index contributed by atoms with van der Waals surface area (Å²) in [4.78, 5) is 16.1. The third-order valence-electron chi connectivity index (χ3n) is 4.27. The number of hydrogen-bond donors (Lipinski definition) is 2. The molecule has 1 radical (unpaired) electrons. The number of piperidine rings is 1. The Hall–Kier alpha value is -0.650. The quantitative estimate of drug-likeness (QED) is 0.749. The number of amides is 1. The summed E-state index contributed by atoms with van der Waals surface area (Å²) in [5.41, 5.74) is 11.6. The second-order valence-corrected chi connectivity index (χ2v) is 5.82. The van der Waals surface area contributed by atoms with E-state index in [0.29, 0.717) is 6.04 Å². The van der Waals surface area contributed by atoms with Crippen LogP contribution in [-0.2, 0) is 4.79 Å². The molecule has 0 bridgehead atoms. The topological polar surface area (TPSA) is 75.6 Å². The van der Waals surface area contributed by atoms with E-state index in [9.17, 15) is 4.79 Å². The molecule has 2 rings (SSSR count). The van der Waals surface area contributed by atoms with Gasteiger partial charge < -0.3 is 16.4 Å². The van der Waals surface area contributed by atoms with Crippen molar-refractivity contribution < 1.29 is 4.79 Å². The fourth-order valence-corrected chi connectivity index (χ4v) is 3.13. The van der Waals surface area contributed by atoms with E-state index in [-0.39, 0.29) is 11.9 Å². The molecule has 0 saturated carbocycles. The van der Waals surface area contributed by atoms with E-state index in [1.165, 1.54) is 12.8 Å². The minimum atomic E-state index is -0.191. The van der Waals surface area contributed by atoms with Crippen molar-refractivity contribution in [3.05, 3.63) is 6.42 Å². The lowest BCUT2D eigenvalue weighted by molar-refractivity contribution is -0.123. The average molecular weight is 267 g/mol. The molecule has 1 amide bonds. The van der Waals surface area contributed by atoms with E-state index in [1.807, 2.05) is 0 Å². The summed E-state index contributed by atoms with van der Waals surface area (Å²) in [6, 6.07) is 0.207. The van der Waals surface area contributed by atoms with E-state index in [0.717, 1.165) is 52.0 Å². The highest BCUT2D eigenvalue weighted by Crippen LogP contribution is 2.16. The molecule has 0 aromatic heterocycles. The Kier molecular flexibility index (Phi) is 5.60. The maximum atomic E-state index is 11.4. The number of carbonyl (C=O) groups excluding carboxylic acids is 1. The molecule has 2 fully saturated rings. The van der Waals surface area contributed by atoms with Crippen molar-refractivity contribution in [3.8, 4) is 0 Å². The van der Waals surface area contributed by atoms with Gasteiger partial charge in [0.25, 0.3) is 0 Å². The lowest BCUT2D eigenvalue weighted by atomic mass is 10.0. The molecule has 4 N–H and O–H groups in total. The fraction of sp³-hybridized carbons (Fsp3) is 0.857. The molecule has 2 heterocycles. The zero-order chi connectivity index (χ0) is 13.7. The van der Waals surface area contributed by atoms with Crippen LogP contribution in [0.1, 0.15) is 32.1 Å². The Morgan fingerprint density at radius 2 is 2.11 bits per heavy atom. The van der Waals surface area contributed by atoms with Gasteiger partial charge in [0.05, 0.1) is 6.04 Å². The van der Waals surface area contributed by atoms with Gasteiger partial charge in [-0.2, -0.15) is 0 Å². The van der Waals surface area contributed by atoms with Crippen LogP contribution in [0.25, 0.3) is 0 Å². The molecular formula is C14H27N4O. The maximum Gasteiger partial charge on any atom is 0.234 e. The predicted octanol–water partition coefficient (Wildman–Crippen LogP) is -0.0464. The van der Waals surface area contributed by atoms with Gasteiger partial charge in [-0.15, -0.1) is 0 Å². The van der Waals surface area contributed by atoms with Gasteiger partial charge >= 0.3 is 0 Å². The molecule has 0 spiro atoms. The van der Waals surface area contributed by atoms with Gasteiger partial charge in [0.1, 0.15) is 0 Å². The van der Waals surface area contributed by atoms with E-state index in [2.05, 4.69) is 16.2 Å². The van der Waals surface area contributed by atoms with Gasteiger partial charge in [0.2, 0.25) is 5.91 Å². The number of likely N-dealkylation sites (tertiary alicyclic amines) is 2. The molecular weight excluding hydrogens is 240 g/mol. The minimum absolute atomic E-state index is 0.102. The lowest BCUT2D eigenvalue weighted by Gasteiger charge is -2.35. The van der Waals surface area contributed by atoms with Crippen molar-refractivity contribution in [3.63, 3.8) is 0 Å². The Labute approximate surface area is 116 Å². The monoisotopic (exact) mass is 267 g/mol. The van der Waals surface area contributed by atoms with Crippen LogP contribution in [0.3, 0.4) is 0 Å². The van der Waals surface area contributed by atoms with E-state index < -0.39 is 0 Å². The Bertz CT molecular complexity index is 297. The molecule has 5 heteroatoms. The highest BCUT2D eigenvalue weighted by atomic mass is 16.1. The van der Waals surface area contributed by atoms with Crippen molar-refractivity contribution in [1.82, 2.24) is 9.80 Å². The van der Waals surface area contributed by atoms with Crippen LogP contribution in [0.4, 0.5) is 0 Å². The number of nitrogens with zero attached hydrogens (tertiary/aromatic N) is 2. The van der Waals surface area contributed by atoms with Gasteiger partial charge in [-0.25, -0.2) is 0 Å². The van der Waals surface area contributed by atoms with Gasteiger partial charge in [-0.3, -0.25) is 9.69 Å². The van der Waals surface area contributed by atoms with Crippen LogP contribution in [0.5, 0.6) is 0 Å². The molecule has 2 aliphatic rings. The molecule has 0 aromatic carbocycles. The van der Waals surface area contributed by atoms with Crippen LogP contribution in [0, 0.1) is 6.42 Å². The first-order valence-corrected chi connectivity index (χ1v) is 7.50. The molecule has 2 aliphatic heterocycles. The largest absolute Gasteiger partial charge is 0.368 e. The highest BCUT2D eigenvalue weighted by Gasteiger charge is 2.27. The van der Waals surface area contributed by atoms with Crippen LogP contribution >= 0.6 is 0 Å². The van der Waals surface area contributed by atoms with Gasteiger partial charge in [-0.05, 0) is 45.2 Å². The molecule has 19 heavy (non-hydrogen) atoms. The zero-order valence-electron chi connectivity index (χ0n) is 11.8. The van der Waals surface area contributed by atoms with Crippen molar-refractivity contribution >= 4 is 5.91 Å². The van der Waals surface area contributed by atoms with Crippen molar-refractivity contribution in [2.75, 3.05) is 32.7 Å². The van der Waals surface area contributed by atoms with E-state index in [4.69, 9.17) is 11.5 Å². The van der Waals surface area contributed by atoms with Crippen LogP contribution < -0.4 is 11.5 Å². The summed E-state index contributed by atoms with van der Waals surface area (Å²) in [5, 5.41) is 0. The van der Waals surface area contributed by atoms with E-state index in [1.54, 1.807) is 0 Å². The number of primary amides is 1. The minimum Gasteiger partial charge on any atom is -0.368 e. The first-order chi connectivity index (χ1) is 9.16. The van der Waals surface area contributed by atoms with E-state index >= 15 is 0 Å². The summed E-state index contributed by atoms with van der Waals surface area (Å²) in [7, 11) is 0. The van der Waals surface area contributed by atoms with Crippen molar-refractivity contribution in [1.29, 1.82) is 0 Å². The van der Waals surface area contributed by atoms with Crippen LogP contribution in [0.15, 0.2) is 0 Å². The molecule has 5 nitrogen and oxygen atoms in total. The number of nitrogens with two attached hydrogens (primary N) is 2. The van der Waals surface area contributed by atoms with Crippen molar-refractivity contribution in [2.45, 2.75) is 44.2 Å². The normalized spacial score (nSPS) is 31.0. The SMILES string of the molecule is NC(=O)C1C[CH]CCN1CCN1CCCCC(N)C1. The average Bonchev–Trinajstić information content (AvgIpc) is 2.61. The summed E-state index contributed by atoms with van der Waals surface area (Å²) in [6.07, 6.45) is 7.64. The smallest absolute Gasteiger partial charge is 0.234 e. The summed E-state index contributed by atoms with van der Waals surface area (Å²) in [5.74, 6) is -0.191. The van der Waals surface area contributed by atoms with Gasteiger partial charge in [-0.1, -0.05) is 6.42 Å².